The first-order chi connectivity index (χ1) is 11.7. The highest BCUT2D eigenvalue weighted by atomic mass is 16.3. The zero-order chi connectivity index (χ0) is 16.9. The maximum Gasteiger partial charge on any atom is 0.0991 e. The van der Waals surface area contributed by atoms with Gasteiger partial charge in [0.1, 0.15) is 0 Å². The molecule has 0 radical (unpaired) electrons. The van der Waals surface area contributed by atoms with Crippen molar-refractivity contribution in [2.75, 3.05) is 39.3 Å². The summed E-state index contributed by atoms with van der Waals surface area (Å²) in [6, 6.07) is 9.97. The van der Waals surface area contributed by atoms with Crippen LogP contribution in [0.4, 0.5) is 0 Å². The Morgan fingerprint density at radius 1 is 1.12 bits per heavy atom. The molecule has 2 atom stereocenters. The monoisotopic (exact) mass is 329 g/mol. The zero-order valence-corrected chi connectivity index (χ0v) is 14.1. The molecule has 5 heteroatoms. The Bertz CT molecular complexity index is 578. The van der Waals surface area contributed by atoms with Gasteiger partial charge < -0.3 is 15.1 Å². The minimum atomic E-state index is -0.137. The first kappa shape index (κ1) is 17.4. The van der Waals surface area contributed by atoms with Crippen LogP contribution in [0.1, 0.15) is 24.0 Å². The highest BCUT2D eigenvalue weighted by molar-refractivity contribution is 5.32. The van der Waals surface area contributed by atoms with E-state index in [1.165, 1.54) is 0 Å². The van der Waals surface area contributed by atoms with Gasteiger partial charge in [0.25, 0.3) is 0 Å². The van der Waals surface area contributed by atoms with Gasteiger partial charge in [0.05, 0.1) is 17.7 Å². The topological polar surface area (TPSA) is 70.7 Å². The summed E-state index contributed by atoms with van der Waals surface area (Å²) in [5.74, 6) is 0.792. The second-order valence-electron chi connectivity index (χ2n) is 7.24. The number of aliphatic hydroxyl groups excluding tert-OH is 2. The molecule has 130 valence electrons. The number of aliphatic hydroxyl groups is 2. The van der Waals surface area contributed by atoms with Gasteiger partial charge in [-0.3, -0.25) is 4.90 Å². The quantitative estimate of drug-likeness (QED) is 0.845. The fourth-order valence-corrected chi connectivity index (χ4v) is 4.01. The number of nitriles is 1. The van der Waals surface area contributed by atoms with Crippen LogP contribution in [0.5, 0.6) is 0 Å². The van der Waals surface area contributed by atoms with Crippen molar-refractivity contribution in [1.29, 1.82) is 5.26 Å². The van der Waals surface area contributed by atoms with Crippen molar-refractivity contribution in [2.45, 2.75) is 25.5 Å². The summed E-state index contributed by atoms with van der Waals surface area (Å²) >= 11 is 0. The maximum absolute atomic E-state index is 9.75. The Morgan fingerprint density at radius 3 is 2.58 bits per heavy atom. The van der Waals surface area contributed by atoms with Gasteiger partial charge in [0.2, 0.25) is 0 Å². The van der Waals surface area contributed by atoms with Crippen LogP contribution in [0.2, 0.25) is 0 Å². The van der Waals surface area contributed by atoms with E-state index in [2.05, 4.69) is 21.9 Å². The lowest BCUT2D eigenvalue weighted by atomic mass is 9.95. The van der Waals surface area contributed by atoms with Crippen molar-refractivity contribution in [3.8, 4) is 6.07 Å². The van der Waals surface area contributed by atoms with Gasteiger partial charge in [0, 0.05) is 45.9 Å². The summed E-state index contributed by atoms with van der Waals surface area (Å²) in [4.78, 5) is 4.82. The van der Waals surface area contributed by atoms with Crippen molar-refractivity contribution < 1.29 is 10.2 Å². The van der Waals surface area contributed by atoms with Gasteiger partial charge in [-0.15, -0.1) is 0 Å². The van der Waals surface area contributed by atoms with E-state index in [4.69, 9.17) is 5.26 Å². The Kier molecular flexibility index (Phi) is 5.85. The summed E-state index contributed by atoms with van der Waals surface area (Å²) in [6.07, 6.45) is 1.59. The smallest absolute Gasteiger partial charge is 0.0991 e. The van der Waals surface area contributed by atoms with Gasteiger partial charge >= 0.3 is 0 Å². The highest BCUT2D eigenvalue weighted by Gasteiger charge is 2.34. The van der Waals surface area contributed by atoms with Gasteiger partial charge in [-0.2, -0.15) is 5.26 Å². The van der Waals surface area contributed by atoms with Gasteiger partial charge in [0.15, 0.2) is 0 Å². The minimum absolute atomic E-state index is 0.137. The predicted molar refractivity (Wildman–Crippen MR) is 92.2 cm³/mol. The first-order valence-corrected chi connectivity index (χ1v) is 8.90. The van der Waals surface area contributed by atoms with Crippen LogP contribution in [0, 0.1) is 23.2 Å². The number of hydrogen-bond acceptors (Lipinski definition) is 5. The second kappa shape index (κ2) is 8.09. The molecule has 2 N–H and O–H groups in total. The molecule has 0 unspecified atom stereocenters. The van der Waals surface area contributed by atoms with Gasteiger partial charge in [-0.1, -0.05) is 12.1 Å². The molecule has 1 aromatic carbocycles. The average molecular weight is 329 g/mol. The molecule has 0 spiro atoms. The minimum Gasteiger partial charge on any atom is -0.396 e. The molecule has 24 heavy (non-hydrogen) atoms. The largest absolute Gasteiger partial charge is 0.396 e. The molecule has 2 heterocycles. The van der Waals surface area contributed by atoms with E-state index in [9.17, 15) is 10.2 Å². The fraction of sp³-hybridized carbons (Fsp3) is 0.632. The molecule has 0 amide bonds. The lowest BCUT2D eigenvalue weighted by Gasteiger charge is -2.32. The van der Waals surface area contributed by atoms with Crippen molar-refractivity contribution in [3.63, 3.8) is 0 Å². The van der Waals surface area contributed by atoms with Crippen LogP contribution < -0.4 is 0 Å². The number of rotatable bonds is 5. The molecule has 2 aliphatic heterocycles. The lowest BCUT2D eigenvalue weighted by molar-refractivity contribution is 0.0684. The molecular formula is C19H27N3O2. The number of hydrogen-bond donors (Lipinski definition) is 2. The molecule has 5 nitrogen and oxygen atoms in total. The normalized spacial score (nSPS) is 26.5. The average Bonchev–Trinajstić information content (AvgIpc) is 2.98. The predicted octanol–water partition coefficient (Wildman–Crippen LogP) is 1.06. The first-order valence-electron chi connectivity index (χ1n) is 8.90. The molecule has 2 fully saturated rings. The zero-order valence-electron chi connectivity index (χ0n) is 14.1. The van der Waals surface area contributed by atoms with E-state index in [1.807, 2.05) is 18.2 Å². The molecular weight excluding hydrogens is 302 g/mol. The van der Waals surface area contributed by atoms with Crippen molar-refractivity contribution in [2.24, 2.45) is 11.8 Å². The molecule has 1 aromatic rings. The number of likely N-dealkylation sites (tertiary alicyclic amines) is 2. The maximum atomic E-state index is 9.75. The Balaban J connectivity index is 1.56. The van der Waals surface area contributed by atoms with Crippen LogP contribution in [0.25, 0.3) is 0 Å². The Morgan fingerprint density at radius 2 is 1.88 bits per heavy atom. The van der Waals surface area contributed by atoms with E-state index in [-0.39, 0.29) is 12.7 Å². The van der Waals surface area contributed by atoms with Gasteiger partial charge in [-0.25, -0.2) is 0 Å². The SMILES string of the molecule is N#Cc1cccc(CN2C[C@@H](CN3CCC(O)CC3)[C@@H](CO)C2)c1. The molecule has 2 saturated heterocycles. The third-order valence-electron chi connectivity index (χ3n) is 5.40. The van der Waals surface area contributed by atoms with Crippen LogP contribution in [-0.2, 0) is 6.54 Å². The van der Waals surface area contributed by atoms with Crippen LogP contribution in [0.15, 0.2) is 24.3 Å². The van der Waals surface area contributed by atoms with E-state index >= 15 is 0 Å². The van der Waals surface area contributed by atoms with Gasteiger partial charge in [-0.05, 0) is 42.4 Å². The third-order valence-corrected chi connectivity index (χ3v) is 5.40. The van der Waals surface area contributed by atoms with Crippen LogP contribution >= 0.6 is 0 Å². The van der Waals surface area contributed by atoms with E-state index in [0.29, 0.717) is 17.4 Å². The van der Waals surface area contributed by atoms with Crippen molar-refractivity contribution in [3.05, 3.63) is 35.4 Å². The summed E-state index contributed by atoms with van der Waals surface area (Å²) in [7, 11) is 0. The number of nitrogens with zero attached hydrogens (tertiary/aromatic N) is 3. The third kappa shape index (κ3) is 4.34. The molecule has 0 aliphatic carbocycles. The molecule has 3 rings (SSSR count). The number of benzene rings is 1. The number of piperidine rings is 1. The van der Waals surface area contributed by atoms with E-state index in [1.54, 1.807) is 0 Å². The molecule has 0 saturated carbocycles. The Hall–Kier alpha value is -1.45. The highest BCUT2D eigenvalue weighted by Crippen LogP contribution is 2.26. The molecule has 0 aromatic heterocycles. The van der Waals surface area contributed by atoms with Crippen molar-refractivity contribution >= 4 is 0 Å². The molecule has 0 bridgehead atoms. The summed E-state index contributed by atoms with van der Waals surface area (Å²) in [5.41, 5.74) is 1.86. The lowest BCUT2D eigenvalue weighted by Crippen LogP contribution is -2.40. The summed E-state index contributed by atoms with van der Waals surface area (Å²) in [5, 5.41) is 28.4. The van der Waals surface area contributed by atoms with Crippen molar-refractivity contribution in [1.82, 2.24) is 9.80 Å². The standard InChI is InChI=1S/C19H27N3O2/c20-9-15-2-1-3-16(8-15)10-22-12-17(18(13-22)14-23)11-21-6-4-19(24)5-7-21/h1-3,8,17-19,23-24H,4-7,10-14H2/t17-,18-/m1/s1. The summed E-state index contributed by atoms with van der Waals surface area (Å²) in [6.45, 7) is 5.89. The summed E-state index contributed by atoms with van der Waals surface area (Å²) < 4.78 is 0. The molecule has 2 aliphatic rings. The fourth-order valence-electron chi connectivity index (χ4n) is 4.01. The van der Waals surface area contributed by atoms with E-state index in [0.717, 1.165) is 57.7 Å². The van der Waals surface area contributed by atoms with Crippen LogP contribution in [0.3, 0.4) is 0 Å². The van der Waals surface area contributed by atoms with E-state index < -0.39 is 0 Å². The second-order valence-corrected chi connectivity index (χ2v) is 7.24. The Labute approximate surface area is 144 Å². The van der Waals surface area contributed by atoms with Crippen LogP contribution in [-0.4, -0.2) is 65.4 Å².